The maximum absolute atomic E-state index is 12.2. The molecule has 6 nitrogen and oxygen atoms in total. The van der Waals surface area contributed by atoms with Crippen LogP contribution in [0.5, 0.6) is 0 Å². The van der Waals surface area contributed by atoms with E-state index in [0.717, 1.165) is 31.4 Å². The highest BCUT2D eigenvalue weighted by atomic mass is 16.6. The van der Waals surface area contributed by atoms with Crippen molar-refractivity contribution in [1.82, 2.24) is 9.88 Å². The fraction of sp³-hybridized carbons (Fsp3) is 0.588. The molecule has 0 unspecified atom stereocenters. The predicted molar refractivity (Wildman–Crippen MR) is 88.2 cm³/mol. The molecule has 0 bridgehead atoms. The summed E-state index contributed by atoms with van der Waals surface area (Å²) in [6.07, 6.45) is 4.18. The summed E-state index contributed by atoms with van der Waals surface area (Å²) in [5.74, 6) is 0.557. The lowest BCUT2D eigenvalue weighted by Crippen LogP contribution is -2.37. The van der Waals surface area contributed by atoms with Crippen molar-refractivity contribution in [3.8, 4) is 0 Å². The van der Waals surface area contributed by atoms with Crippen LogP contribution in [0.4, 0.5) is 10.6 Å². The number of anilines is 1. The van der Waals surface area contributed by atoms with Gasteiger partial charge in [-0.1, -0.05) is 6.07 Å². The topological polar surface area (TPSA) is 62.7 Å². The molecule has 0 radical (unpaired) electrons. The number of carbonyl (C=O) groups excluding carboxylic acids is 2. The molecule has 1 saturated heterocycles. The lowest BCUT2D eigenvalue weighted by atomic mass is 10.1. The van der Waals surface area contributed by atoms with Crippen LogP contribution in [0, 0.1) is 0 Å². The molecule has 126 valence electrons. The van der Waals surface area contributed by atoms with E-state index in [1.807, 2.05) is 39.8 Å². The van der Waals surface area contributed by atoms with Gasteiger partial charge < -0.3 is 9.64 Å². The van der Waals surface area contributed by atoms with Crippen LogP contribution in [-0.4, -0.2) is 41.1 Å². The smallest absolute Gasteiger partial charge is 0.415 e. The number of carbonyl (C=O) groups is 2. The number of pyridine rings is 1. The van der Waals surface area contributed by atoms with Crippen LogP contribution in [0.25, 0.3) is 0 Å². The molecule has 0 N–H and O–H groups in total. The van der Waals surface area contributed by atoms with Gasteiger partial charge in [-0.05, 0) is 52.2 Å². The van der Waals surface area contributed by atoms with Crippen molar-refractivity contribution in [2.24, 2.45) is 0 Å². The first-order chi connectivity index (χ1) is 10.9. The molecule has 23 heavy (non-hydrogen) atoms. The fourth-order valence-electron chi connectivity index (χ4n) is 2.73. The summed E-state index contributed by atoms with van der Waals surface area (Å²) < 4.78 is 5.40. The average molecular weight is 319 g/mol. The van der Waals surface area contributed by atoms with Crippen molar-refractivity contribution in [3.05, 3.63) is 23.9 Å². The fourth-order valence-corrected chi connectivity index (χ4v) is 2.73. The number of aromatic nitrogens is 1. The van der Waals surface area contributed by atoms with Gasteiger partial charge in [-0.15, -0.1) is 0 Å². The zero-order valence-electron chi connectivity index (χ0n) is 14.3. The normalized spacial score (nSPS) is 17.9. The molecule has 2 amide bonds. The molecule has 0 aliphatic carbocycles. The number of hydrogen-bond acceptors (Lipinski definition) is 4. The van der Waals surface area contributed by atoms with Gasteiger partial charge in [0.2, 0.25) is 6.41 Å². The summed E-state index contributed by atoms with van der Waals surface area (Å²) in [6, 6.07) is 3.83. The molecule has 2 rings (SSSR count). The van der Waals surface area contributed by atoms with Crippen molar-refractivity contribution >= 4 is 18.3 Å². The molecule has 0 spiro atoms. The third kappa shape index (κ3) is 4.21. The van der Waals surface area contributed by atoms with Gasteiger partial charge >= 0.3 is 6.09 Å². The van der Waals surface area contributed by atoms with Crippen LogP contribution in [-0.2, 0) is 9.53 Å². The van der Waals surface area contributed by atoms with Crippen LogP contribution in [0.1, 0.15) is 52.1 Å². The standard InChI is InChI=1S/C17H25N3O3/c1-5-20(16(22)23-17(2,3)4)15-9-8-13(11-18-15)14-7-6-10-19(14)12-21/h8-9,11-12,14H,5-7,10H2,1-4H3/t14-/m0/s1. The highest BCUT2D eigenvalue weighted by Gasteiger charge is 2.26. The molecule has 1 aromatic rings. The van der Waals surface area contributed by atoms with E-state index in [0.29, 0.717) is 12.4 Å². The molecule has 1 aliphatic heterocycles. The Morgan fingerprint density at radius 3 is 2.74 bits per heavy atom. The Morgan fingerprint density at radius 1 is 1.48 bits per heavy atom. The number of amides is 2. The first-order valence-corrected chi connectivity index (χ1v) is 8.03. The molecule has 1 fully saturated rings. The molecule has 2 heterocycles. The summed E-state index contributed by atoms with van der Waals surface area (Å²) in [4.78, 5) is 31.0. The van der Waals surface area contributed by atoms with E-state index in [1.54, 1.807) is 11.1 Å². The second kappa shape index (κ2) is 6.98. The SMILES string of the molecule is CCN(C(=O)OC(C)(C)C)c1ccc([C@@H]2CCCN2C=O)cn1. The summed E-state index contributed by atoms with van der Waals surface area (Å²) in [5.41, 5.74) is 0.456. The molecule has 6 heteroatoms. The van der Waals surface area contributed by atoms with E-state index < -0.39 is 11.7 Å². The van der Waals surface area contributed by atoms with Crippen LogP contribution in [0.3, 0.4) is 0 Å². The van der Waals surface area contributed by atoms with Crippen molar-refractivity contribution in [1.29, 1.82) is 0 Å². The summed E-state index contributed by atoms with van der Waals surface area (Å²) >= 11 is 0. The lowest BCUT2D eigenvalue weighted by Gasteiger charge is -2.26. The van der Waals surface area contributed by atoms with Crippen molar-refractivity contribution in [2.45, 2.75) is 52.2 Å². The molecular formula is C17H25N3O3. The van der Waals surface area contributed by atoms with Gasteiger partial charge in [0.25, 0.3) is 0 Å². The van der Waals surface area contributed by atoms with Crippen molar-refractivity contribution in [3.63, 3.8) is 0 Å². The molecule has 1 aliphatic rings. The van der Waals surface area contributed by atoms with Gasteiger partial charge in [0.1, 0.15) is 11.4 Å². The highest BCUT2D eigenvalue weighted by Crippen LogP contribution is 2.30. The van der Waals surface area contributed by atoms with E-state index in [-0.39, 0.29) is 6.04 Å². The van der Waals surface area contributed by atoms with E-state index in [1.165, 1.54) is 4.90 Å². The number of rotatable bonds is 4. The van der Waals surface area contributed by atoms with Gasteiger partial charge in [-0.25, -0.2) is 9.78 Å². The van der Waals surface area contributed by atoms with Crippen LogP contribution >= 0.6 is 0 Å². The van der Waals surface area contributed by atoms with Gasteiger partial charge in [0.15, 0.2) is 0 Å². The van der Waals surface area contributed by atoms with Gasteiger partial charge in [-0.3, -0.25) is 9.69 Å². The Morgan fingerprint density at radius 2 is 2.22 bits per heavy atom. The Hall–Kier alpha value is -2.11. The minimum absolute atomic E-state index is 0.0886. The maximum Gasteiger partial charge on any atom is 0.415 e. The maximum atomic E-state index is 12.2. The number of likely N-dealkylation sites (tertiary alicyclic amines) is 1. The van der Waals surface area contributed by atoms with Crippen LogP contribution in [0.2, 0.25) is 0 Å². The first-order valence-electron chi connectivity index (χ1n) is 8.03. The quantitative estimate of drug-likeness (QED) is 0.800. The average Bonchev–Trinajstić information content (AvgIpc) is 2.95. The highest BCUT2D eigenvalue weighted by molar-refractivity contribution is 5.86. The number of ether oxygens (including phenoxy) is 1. The Kier molecular flexibility index (Phi) is 5.23. The van der Waals surface area contributed by atoms with E-state index in [4.69, 9.17) is 4.74 Å². The number of nitrogens with zero attached hydrogens (tertiary/aromatic N) is 3. The Balaban J connectivity index is 2.14. The molecule has 0 saturated carbocycles. The zero-order chi connectivity index (χ0) is 17.0. The second-order valence-corrected chi connectivity index (χ2v) is 6.68. The monoisotopic (exact) mass is 319 g/mol. The summed E-state index contributed by atoms with van der Waals surface area (Å²) in [7, 11) is 0. The van der Waals surface area contributed by atoms with Gasteiger partial charge in [0, 0.05) is 19.3 Å². The van der Waals surface area contributed by atoms with Gasteiger partial charge in [-0.2, -0.15) is 0 Å². The Labute approximate surface area is 137 Å². The second-order valence-electron chi connectivity index (χ2n) is 6.68. The van der Waals surface area contributed by atoms with Crippen molar-refractivity contribution in [2.75, 3.05) is 18.0 Å². The third-order valence-electron chi connectivity index (χ3n) is 3.79. The van der Waals surface area contributed by atoms with E-state index in [2.05, 4.69) is 4.98 Å². The molecule has 1 atom stereocenters. The largest absolute Gasteiger partial charge is 0.443 e. The minimum atomic E-state index is -0.543. The third-order valence-corrected chi connectivity index (χ3v) is 3.79. The summed E-state index contributed by atoms with van der Waals surface area (Å²) in [6.45, 7) is 8.65. The van der Waals surface area contributed by atoms with E-state index in [9.17, 15) is 9.59 Å². The summed E-state index contributed by atoms with van der Waals surface area (Å²) in [5, 5.41) is 0. The Bertz CT molecular complexity index is 551. The minimum Gasteiger partial charge on any atom is -0.443 e. The molecular weight excluding hydrogens is 294 g/mol. The van der Waals surface area contributed by atoms with E-state index >= 15 is 0 Å². The molecule has 0 aromatic carbocycles. The lowest BCUT2D eigenvalue weighted by molar-refractivity contribution is -0.118. The van der Waals surface area contributed by atoms with Crippen LogP contribution in [0.15, 0.2) is 18.3 Å². The zero-order valence-corrected chi connectivity index (χ0v) is 14.3. The van der Waals surface area contributed by atoms with Crippen LogP contribution < -0.4 is 4.90 Å². The van der Waals surface area contributed by atoms with Crippen molar-refractivity contribution < 1.29 is 14.3 Å². The number of hydrogen-bond donors (Lipinski definition) is 0. The van der Waals surface area contributed by atoms with Gasteiger partial charge in [0.05, 0.1) is 6.04 Å². The molecule has 1 aromatic heterocycles. The predicted octanol–water partition coefficient (Wildman–Crippen LogP) is 3.14. The first kappa shape index (κ1) is 17.2.